The lowest BCUT2D eigenvalue weighted by Crippen LogP contribution is -2.30. The third kappa shape index (κ3) is 3.08. The normalized spacial score (nSPS) is 15.2. The third-order valence-electron chi connectivity index (χ3n) is 4.77. The van der Waals surface area contributed by atoms with Crippen molar-refractivity contribution in [1.82, 2.24) is 14.9 Å². The molecule has 1 aliphatic rings. The van der Waals surface area contributed by atoms with E-state index in [9.17, 15) is 9.18 Å². The number of aromatic amines is 1. The summed E-state index contributed by atoms with van der Waals surface area (Å²) in [6, 6.07) is 4.75. The number of aromatic nitrogens is 2. The summed E-state index contributed by atoms with van der Waals surface area (Å²) in [6.45, 7) is 0.982. The van der Waals surface area contributed by atoms with E-state index in [0.29, 0.717) is 35.6 Å². The first-order valence-corrected chi connectivity index (χ1v) is 8.87. The molecule has 1 aromatic carbocycles. The molecule has 0 spiro atoms. The number of hydrogen-bond donors (Lipinski definition) is 1. The Morgan fingerprint density at radius 3 is 2.93 bits per heavy atom. The van der Waals surface area contributed by atoms with Crippen molar-refractivity contribution in [2.24, 2.45) is 0 Å². The van der Waals surface area contributed by atoms with Crippen LogP contribution in [0.5, 0.6) is 5.75 Å². The van der Waals surface area contributed by atoms with Gasteiger partial charge in [-0.3, -0.25) is 4.79 Å². The second-order valence-electron chi connectivity index (χ2n) is 6.56. The molecule has 0 saturated carbocycles. The van der Waals surface area contributed by atoms with Crippen LogP contribution in [0, 0.1) is 5.82 Å². The number of carbonyl (C=O) groups is 1. The number of amides is 1. The number of hydrogen-bond acceptors (Lipinski definition) is 4. The van der Waals surface area contributed by atoms with Crippen molar-refractivity contribution in [1.29, 1.82) is 0 Å². The maximum Gasteiger partial charge on any atom is 0.255 e. The highest BCUT2D eigenvalue weighted by molar-refractivity contribution is 6.31. The molecule has 27 heavy (non-hydrogen) atoms. The number of carbonyl (C=O) groups excluding carboxylic acids is 1. The van der Waals surface area contributed by atoms with Crippen LogP contribution in [-0.4, -0.2) is 48.0 Å². The van der Waals surface area contributed by atoms with Crippen LogP contribution in [0.15, 0.2) is 30.6 Å². The van der Waals surface area contributed by atoms with Gasteiger partial charge in [0.05, 0.1) is 29.0 Å². The number of likely N-dealkylation sites (N-methyl/N-ethyl adjacent to an activating group) is 1. The van der Waals surface area contributed by atoms with E-state index in [2.05, 4.69) is 9.97 Å². The molecular weight excluding hydrogens is 371 g/mol. The summed E-state index contributed by atoms with van der Waals surface area (Å²) in [5.41, 5.74) is 2.53. The lowest BCUT2D eigenvalue weighted by Gasteiger charge is -2.22. The Kier molecular flexibility index (Phi) is 4.39. The molecule has 0 radical (unpaired) electrons. The molecule has 0 atom stereocenters. The SMILES string of the molecule is CN1CCOc2ccc(F)c(Cl)c2CN(C)c2cnc3[nH]cc(c3c2)C1=O. The van der Waals surface area contributed by atoms with Crippen LogP contribution < -0.4 is 9.64 Å². The molecule has 1 aliphatic heterocycles. The van der Waals surface area contributed by atoms with Gasteiger partial charge in [0.2, 0.25) is 0 Å². The standard InChI is InChI=1S/C19H18ClFN4O2/c1-24-5-6-27-16-4-3-15(21)17(20)14(16)10-25(2)11-7-12-13(19(24)26)9-23-18(12)22-8-11/h3-4,7-9H,5-6,10H2,1-2H3,(H,22,23). The largest absolute Gasteiger partial charge is 0.491 e. The van der Waals surface area contributed by atoms with Gasteiger partial charge < -0.3 is 19.5 Å². The van der Waals surface area contributed by atoms with Gasteiger partial charge in [-0.25, -0.2) is 9.37 Å². The molecule has 1 N–H and O–H groups in total. The van der Waals surface area contributed by atoms with E-state index < -0.39 is 5.82 Å². The Hall–Kier alpha value is -2.80. The number of benzene rings is 1. The number of anilines is 1. The van der Waals surface area contributed by atoms with E-state index in [1.165, 1.54) is 6.07 Å². The van der Waals surface area contributed by atoms with E-state index in [1.807, 2.05) is 18.0 Å². The van der Waals surface area contributed by atoms with Crippen LogP contribution in [0.3, 0.4) is 0 Å². The van der Waals surface area contributed by atoms with E-state index in [0.717, 1.165) is 11.1 Å². The van der Waals surface area contributed by atoms with Crippen molar-refractivity contribution in [3.8, 4) is 5.75 Å². The lowest BCUT2D eigenvalue weighted by atomic mass is 10.1. The zero-order valence-electron chi connectivity index (χ0n) is 14.9. The number of pyridine rings is 1. The summed E-state index contributed by atoms with van der Waals surface area (Å²) in [4.78, 5) is 23.7. The van der Waals surface area contributed by atoms with Gasteiger partial charge >= 0.3 is 0 Å². The lowest BCUT2D eigenvalue weighted by molar-refractivity contribution is 0.0775. The van der Waals surface area contributed by atoms with E-state index in [-0.39, 0.29) is 17.5 Å². The van der Waals surface area contributed by atoms with Crippen LogP contribution >= 0.6 is 11.6 Å². The van der Waals surface area contributed by atoms with Gasteiger partial charge in [0.15, 0.2) is 0 Å². The van der Waals surface area contributed by atoms with Crippen molar-refractivity contribution in [3.63, 3.8) is 0 Å². The second kappa shape index (κ2) is 6.74. The Balaban J connectivity index is 1.85. The van der Waals surface area contributed by atoms with Crippen molar-refractivity contribution >= 4 is 34.2 Å². The zero-order valence-corrected chi connectivity index (χ0v) is 15.7. The van der Waals surface area contributed by atoms with Crippen molar-refractivity contribution in [2.45, 2.75) is 6.54 Å². The monoisotopic (exact) mass is 388 g/mol. The average Bonchev–Trinajstić information content (AvgIpc) is 3.08. The number of fused-ring (bicyclic) bond motifs is 2. The number of nitrogens with zero attached hydrogens (tertiary/aromatic N) is 3. The molecule has 0 fully saturated rings. The zero-order chi connectivity index (χ0) is 19.1. The van der Waals surface area contributed by atoms with E-state index in [1.54, 1.807) is 30.4 Å². The third-order valence-corrected chi connectivity index (χ3v) is 5.18. The summed E-state index contributed by atoms with van der Waals surface area (Å²) in [7, 11) is 3.57. The number of rotatable bonds is 0. The molecule has 4 rings (SSSR count). The smallest absolute Gasteiger partial charge is 0.255 e. The maximum absolute atomic E-state index is 14.0. The van der Waals surface area contributed by atoms with Crippen molar-refractivity contribution in [2.75, 3.05) is 32.1 Å². The van der Waals surface area contributed by atoms with Crippen molar-refractivity contribution < 1.29 is 13.9 Å². The fourth-order valence-corrected chi connectivity index (χ4v) is 3.38. The minimum Gasteiger partial charge on any atom is -0.491 e. The molecule has 0 unspecified atom stereocenters. The predicted octanol–water partition coefficient (Wildman–Crippen LogP) is 3.46. The maximum atomic E-state index is 14.0. The minimum absolute atomic E-state index is 0.0371. The summed E-state index contributed by atoms with van der Waals surface area (Å²) in [6.07, 6.45) is 3.37. The van der Waals surface area contributed by atoms with Crippen molar-refractivity contribution in [3.05, 3.63) is 52.6 Å². The predicted molar refractivity (Wildman–Crippen MR) is 102 cm³/mol. The molecule has 8 heteroatoms. The summed E-state index contributed by atoms with van der Waals surface area (Å²) in [5.74, 6) is -0.115. The molecule has 1 amide bonds. The van der Waals surface area contributed by atoms with Gasteiger partial charge in [-0.05, 0) is 18.2 Å². The molecule has 2 bridgehead atoms. The van der Waals surface area contributed by atoms with E-state index in [4.69, 9.17) is 16.3 Å². The molecule has 6 nitrogen and oxygen atoms in total. The highest BCUT2D eigenvalue weighted by atomic mass is 35.5. The Labute approximate surface area is 160 Å². The van der Waals surface area contributed by atoms with Crippen LogP contribution in [-0.2, 0) is 6.54 Å². The molecule has 140 valence electrons. The number of nitrogens with one attached hydrogen (secondary N) is 1. The van der Waals surface area contributed by atoms with E-state index >= 15 is 0 Å². The van der Waals surface area contributed by atoms with Gasteiger partial charge in [0.1, 0.15) is 23.8 Å². The van der Waals surface area contributed by atoms with Crippen LogP contribution in [0.1, 0.15) is 15.9 Å². The fraction of sp³-hybridized carbons (Fsp3) is 0.263. The molecule has 2 aromatic heterocycles. The highest BCUT2D eigenvalue weighted by Crippen LogP contribution is 2.32. The van der Waals surface area contributed by atoms with Crippen LogP contribution in [0.25, 0.3) is 11.0 Å². The summed E-state index contributed by atoms with van der Waals surface area (Å²) in [5, 5.41) is 0.775. The second-order valence-corrected chi connectivity index (χ2v) is 6.94. The van der Waals surface area contributed by atoms with Gasteiger partial charge in [-0.2, -0.15) is 0 Å². The summed E-state index contributed by atoms with van der Waals surface area (Å²) >= 11 is 6.22. The molecule has 0 aliphatic carbocycles. The van der Waals surface area contributed by atoms with Crippen LogP contribution in [0.2, 0.25) is 5.02 Å². The minimum atomic E-state index is -0.495. The highest BCUT2D eigenvalue weighted by Gasteiger charge is 2.21. The molecular formula is C19H18ClFN4O2. The first kappa shape index (κ1) is 17.6. The fourth-order valence-electron chi connectivity index (χ4n) is 3.16. The first-order valence-electron chi connectivity index (χ1n) is 8.49. The first-order chi connectivity index (χ1) is 13.0. The number of ether oxygens (including phenoxy) is 1. The summed E-state index contributed by atoms with van der Waals surface area (Å²) < 4.78 is 19.8. The average molecular weight is 389 g/mol. The Bertz CT molecular complexity index is 1040. The molecule has 0 saturated heterocycles. The van der Waals surface area contributed by atoms with Gasteiger partial charge in [0.25, 0.3) is 5.91 Å². The van der Waals surface area contributed by atoms with Gasteiger partial charge in [-0.1, -0.05) is 11.6 Å². The topological polar surface area (TPSA) is 61.5 Å². The number of H-pyrrole nitrogens is 1. The number of halogens is 2. The van der Waals surface area contributed by atoms with Gasteiger partial charge in [0, 0.05) is 37.8 Å². The van der Waals surface area contributed by atoms with Crippen LogP contribution in [0.4, 0.5) is 10.1 Å². The molecule has 3 heterocycles. The Morgan fingerprint density at radius 2 is 2.11 bits per heavy atom. The Morgan fingerprint density at radius 1 is 1.30 bits per heavy atom. The quantitative estimate of drug-likeness (QED) is 0.640. The molecule has 3 aromatic rings. The van der Waals surface area contributed by atoms with Gasteiger partial charge in [-0.15, -0.1) is 0 Å².